The van der Waals surface area contributed by atoms with Gasteiger partial charge in [0.15, 0.2) is 11.6 Å². The first-order valence-corrected chi connectivity index (χ1v) is 11.6. The van der Waals surface area contributed by atoms with Gasteiger partial charge in [-0.2, -0.15) is 0 Å². The van der Waals surface area contributed by atoms with Crippen molar-refractivity contribution in [1.29, 1.82) is 0 Å². The molecule has 1 heterocycles. The Morgan fingerprint density at radius 2 is 1.74 bits per heavy atom. The van der Waals surface area contributed by atoms with Crippen molar-refractivity contribution in [1.82, 2.24) is 14.9 Å². The number of amides is 1. The van der Waals surface area contributed by atoms with Crippen LogP contribution in [0.25, 0.3) is 16.8 Å². The van der Waals surface area contributed by atoms with Gasteiger partial charge in [-0.15, -0.1) is 0 Å². The maximum absolute atomic E-state index is 13.6. The van der Waals surface area contributed by atoms with Gasteiger partial charge in [-0.3, -0.25) is 9.36 Å². The molecular weight excluding hydrogens is 448 g/mol. The van der Waals surface area contributed by atoms with Crippen molar-refractivity contribution in [3.05, 3.63) is 108 Å². The quantitative estimate of drug-likeness (QED) is 0.375. The maximum atomic E-state index is 13.6. The van der Waals surface area contributed by atoms with Gasteiger partial charge in [0.05, 0.1) is 31.3 Å². The summed E-state index contributed by atoms with van der Waals surface area (Å²) in [4.78, 5) is 17.3. The average molecular weight is 474 g/mol. The van der Waals surface area contributed by atoms with Gasteiger partial charge >= 0.3 is 0 Å². The highest BCUT2D eigenvalue weighted by Crippen LogP contribution is 2.25. The van der Waals surface area contributed by atoms with Crippen molar-refractivity contribution in [2.75, 3.05) is 0 Å². The second kappa shape index (κ2) is 10.2. The monoisotopic (exact) mass is 473 g/mol. The minimum Gasteiger partial charge on any atom is -0.371 e. The molecule has 178 valence electrons. The van der Waals surface area contributed by atoms with E-state index >= 15 is 0 Å². The second-order valence-corrected chi connectivity index (χ2v) is 8.67. The first kappa shape index (κ1) is 22.9. The predicted molar refractivity (Wildman–Crippen MR) is 129 cm³/mol. The number of imidazole rings is 1. The molecule has 7 heteroatoms. The largest absolute Gasteiger partial charge is 0.371 e. The van der Waals surface area contributed by atoms with Crippen molar-refractivity contribution >= 4 is 5.91 Å². The van der Waals surface area contributed by atoms with Crippen molar-refractivity contribution in [3.8, 4) is 16.8 Å². The lowest BCUT2D eigenvalue weighted by molar-refractivity contribution is 0.0271. The summed E-state index contributed by atoms with van der Waals surface area (Å²) in [5, 5.41) is 3.12. The molecule has 5 rings (SSSR count). The molecule has 2 atom stereocenters. The Labute approximate surface area is 202 Å². The summed E-state index contributed by atoms with van der Waals surface area (Å²) in [5.41, 5.74) is 3.57. The van der Waals surface area contributed by atoms with Crippen molar-refractivity contribution in [3.63, 3.8) is 0 Å². The van der Waals surface area contributed by atoms with Crippen LogP contribution in [0.4, 0.5) is 8.78 Å². The topological polar surface area (TPSA) is 56.1 Å². The molecule has 3 aromatic carbocycles. The summed E-state index contributed by atoms with van der Waals surface area (Å²) < 4.78 is 34.7. The van der Waals surface area contributed by atoms with Gasteiger partial charge in [0, 0.05) is 5.69 Å². The molecule has 0 radical (unpaired) electrons. The molecule has 1 unspecified atom stereocenters. The number of aromatic nitrogens is 2. The molecule has 1 aromatic heterocycles. The van der Waals surface area contributed by atoms with Crippen molar-refractivity contribution in [2.24, 2.45) is 0 Å². The molecule has 0 bridgehead atoms. The molecular formula is C28H25F2N3O2. The third kappa shape index (κ3) is 5.15. The molecule has 1 fully saturated rings. The molecule has 5 nitrogen and oxygen atoms in total. The molecule has 1 aliphatic carbocycles. The van der Waals surface area contributed by atoms with Crippen LogP contribution in [-0.2, 0) is 11.3 Å². The van der Waals surface area contributed by atoms with Crippen LogP contribution in [0.1, 0.15) is 35.3 Å². The highest BCUT2D eigenvalue weighted by atomic mass is 19.2. The number of carbonyl (C=O) groups is 1. The minimum absolute atomic E-state index is 0.0362. The van der Waals surface area contributed by atoms with E-state index in [2.05, 4.69) is 10.3 Å². The summed E-state index contributed by atoms with van der Waals surface area (Å²) in [6.45, 7) is 0.514. The van der Waals surface area contributed by atoms with Gasteiger partial charge in [0.2, 0.25) is 0 Å². The molecule has 1 N–H and O–H groups in total. The lowest BCUT2D eigenvalue weighted by Crippen LogP contribution is -2.41. The van der Waals surface area contributed by atoms with Crippen LogP contribution in [0.5, 0.6) is 0 Å². The van der Waals surface area contributed by atoms with E-state index in [1.165, 1.54) is 12.3 Å². The molecule has 0 spiro atoms. The highest BCUT2D eigenvalue weighted by molar-refractivity contribution is 5.93. The summed E-state index contributed by atoms with van der Waals surface area (Å²) >= 11 is 0. The van der Waals surface area contributed by atoms with Gasteiger partial charge in [0.1, 0.15) is 5.69 Å². The van der Waals surface area contributed by atoms with Crippen LogP contribution >= 0.6 is 0 Å². The summed E-state index contributed by atoms with van der Waals surface area (Å²) in [7, 11) is 0. The molecule has 1 saturated carbocycles. The Kier molecular flexibility index (Phi) is 6.68. The van der Waals surface area contributed by atoms with E-state index in [1.807, 2.05) is 42.5 Å². The second-order valence-electron chi connectivity index (χ2n) is 8.67. The van der Waals surface area contributed by atoms with Crippen molar-refractivity contribution < 1.29 is 18.3 Å². The van der Waals surface area contributed by atoms with E-state index in [-0.39, 0.29) is 18.1 Å². The number of hydrogen-bond donors (Lipinski definition) is 1. The summed E-state index contributed by atoms with van der Waals surface area (Å²) in [5.74, 6) is -1.99. The van der Waals surface area contributed by atoms with Crippen LogP contribution in [0, 0.1) is 11.6 Å². The van der Waals surface area contributed by atoms with E-state index in [0.717, 1.165) is 48.2 Å². The van der Waals surface area contributed by atoms with Gasteiger partial charge < -0.3 is 10.1 Å². The molecule has 0 saturated heterocycles. The third-order valence-corrected chi connectivity index (χ3v) is 6.35. The first-order chi connectivity index (χ1) is 17.1. The van der Waals surface area contributed by atoms with Gasteiger partial charge in [-0.1, -0.05) is 48.5 Å². The number of hydrogen-bond acceptors (Lipinski definition) is 3. The lowest BCUT2D eigenvalue weighted by Gasteiger charge is -2.22. The van der Waals surface area contributed by atoms with E-state index in [0.29, 0.717) is 17.9 Å². The van der Waals surface area contributed by atoms with Crippen LogP contribution in [0.15, 0.2) is 85.3 Å². The van der Waals surface area contributed by atoms with Crippen LogP contribution in [0.3, 0.4) is 0 Å². The van der Waals surface area contributed by atoms with E-state index in [9.17, 15) is 13.6 Å². The van der Waals surface area contributed by atoms with E-state index < -0.39 is 11.6 Å². The number of nitrogens with one attached hydrogen (secondary N) is 1. The normalized spacial score (nSPS) is 17.4. The summed E-state index contributed by atoms with van der Waals surface area (Å²) in [6, 6.07) is 21.0. The predicted octanol–water partition coefficient (Wildman–Crippen LogP) is 5.69. The van der Waals surface area contributed by atoms with Crippen LogP contribution < -0.4 is 5.32 Å². The van der Waals surface area contributed by atoms with Crippen molar-refractivity contribution in [2.45, 2.75) is 38.0 Å². The van der Waals surface area contributed by atoms with E-state index in [4.69, 9.17) is 4.74 Å². The lowest BCUT2D eigenvalue weighted by atomic mass is 10.1. The molecule has 0 aliphatic heterocycles. The Morgan fingerprint density at radius 3 is 2.51 bits per heavy atom. The highest BCUT2D eigenvalue weighted by Gasteiger charge is 2.30. The minimum atomic E-state index is -0.891. The van der Waals surface area contributed by atoms with Crippen LogP contribution in [0.2, 0.25) is 0 Å². The molecule has 35 heavy (non-hydrogen) atoms. The van der Waals surface area contributed by atoms with Gasteiger partial charge in [-0.05, 0) is 60.2 Å². The number of ether oxygens (including phenoxy) is 1. The number of benzene rings is 3. The number of rotatable bonds is 7. The third-order valence-electron chi connectivity index (χ3n) is 6.35. The number of carbonyl (C=O) groups excluding carboxylic acids is 1. The fourth-order valence-electron chi connectivity index (χ4n) is 4.47. The average Bonchev–Trinajstić information content (AvgIpc) is 3.55. The zero-order chi connectivity index (χ0) is 24.2. The zero-order valence-electron chi connectivity index (χ0n) is 19.0. The molecule has 4 aromatic rings. The fourth-order valence-corrected chi connectivity index (χ4v) is 4.47. The molecule has 1 aliphatic rings. The Balaban J connectivity index is 1.27. The Bertz CT molecular complexity index is 1310. The van der Waals surface area contributed by atoms with Gasteiger partial charge in [0.25, 0.3) is 5.91 Å². The van der Waals surface area contributed by atoms with E-state index in [1.54, 1.807) is 23.0 Å². The summed E-state index contributed by atoms with van der Waals surface area (Å²) in [6.07, 6.45) is 5.85. The zero-order valence-corrected chi connectivity index (χ0v) is 19.0. The fraction of sp³-hybridized carbons (Fsp3) is 0.214. The van der Waals surface area contributed by atoms with Gasteiger partial charge in [-0.25, -0.2) is 13.8 Å². The maximum Gasteiger partial charge on any atom is 0.270 e. The smallest absolute Gasteiger partial charge is 0.270 e. The SMILES string of the molecule is O=C(NC1CCC[C@H]1OCc1ccccc1)c1cncn1-c1ccc(-c2ccc(F)c(F)c2)cc1. The number of halogens is 2. The standard InChI is InChI=1S/C28H25F2N3O2/c29-23-14-11-21(15-24(23)30)20-9-12-22(13-10-20)33-18-31-16-26(33)28(34)32-25-7-4-8-27(25)35-17-19-5-2-1-3-6-19/h1-3,5-6,9-16,18,25,27H,4,7-8,17H2,(H,32,34)/t25?,27-/m1/s1. The van der Waals surface area contributed by atoms with Crippen LogP contribution in [-0.4, -0.2) is 27.6 Å². The Hall–Kier alpha value is -3.84. The number of nitrogens with zero attached hydrogens (tertiary/aromatic N) is 2. The first-order valence-electron chi connectivity index (χ1n) is 11.6. The molecule has 1 amide bonds. The Morgan fingerprint density at radius 1 is 0.971 bits per heavy atom.